The summed E-state index contributed by atoms with van der Waals surface area (Å²) in [6, 6.07) is 1.65. The van der Waals surface area contributed by atoms with Crippen LogP contribution in [0.15, 0.2) is 12.3 Å². The van der Waals surface area contributed by atoms with Crippen LogP contribution in [0.1, 0.15) is 16.8 Å². The van der Waals surface area contributed by atoms with Crippen molar-refractivity contribution >= 4 is 0 Å². The molecule has 1 aromatic heterocycles. The van der Waals surface area contributed by atoms with Gasteiger partial charge in [0.25, 0.3) is 0 Å². The highest BCUT2D eigenvalue weighted by Crippen LogP contribution is 2.22. The number of aromatic nitrogens is 1. The summed E-state index contributed by atoms with van der Waals surface area (Å²) < 4.78 is 36.0. The van der Waals surface area contributed by atoms with E-state index >= 15 is 0 Å². The third kappa shape index (κ3) is 3.05. The Morgan fingerprint density at radius 1 is 1.31 bits per heavy atom. The molecule has 0 fully saturated rings. The zero-order valence-electron chi connectivity index (χ0n) is 7.44. The Labute approximate surface area is 74.6 Å². The van der Waals surface area contributed by atoms with Crippen molar-refractivity contribution in [3.8, 4) is 0 Å². The lowest BCUT2D eigenvalue weighted by Crippen LogP contribution is -2.12. The van der Waals surface area contributed by atoms with Gasteiger partial charge in [-0.05, 0) is 31.0 Å². The lowest BCUT2D eigenvalue weighted by atomic mass is 10.1. The highest BCUT2D eigenvalue weighted by molar-refractivity contribution is 5.25. The van der Waals surface area contributed by atoms with E-state index in [0.29, 0.717) is 5.56 Å². The minimum absolute atomic E-state index is 0.248. The normalized spacial score (nSPS) is 11.8. The van der Waals surface area contributed by atoms with Crippen LogP contribution in [0.3, 0.4) is 0 Å². The zero-order chi connectivity index (χ0) is 10.1. The predicted octanol–water partition coefficient (Wildman–Crippen LogP) is 2.80. The van der Waals surface area contributed by atoms with Gasteiger partial charge in [-0.1, -0.05) is 0 Å². The molecule has 72 valence electrons. The highest BCUT2D eigenvalue weighted by atomic mass is 19.4. The Morgan fingerprint density at radius 2 is 1.92 bits per heavy atom. The predicted molar refractivity (Wildman–Crippen MR) is 43.5 cm³/mol. The molecule has 0 spiro atoms. The number of nitrogens with zero attached hydrogens (tertiary/aromatic N) is 1. The smallest absolute Gasteiger partial charge is 0.261 e. The molecule has 1 nitrogen and oxygen atoms in total. The molecule has 0 saturated heterocycles. The SMILES string of the molecule is Cc1cc(C)c(CC(F)(F)F)cn1. The summed E-state index contributed by atoms with van der Waals surface area (Å²) >= 11 is 0. The first-order valence-electron chi connectivity index (χ1n) is 3.87. The molecule has 0 aliphatic carbocycles. The van der Waals surface area contributed by atoms with E-state index in [1.54, 1.807) is 19.9 Å². The van der Waals surface area contributed by atoms with Gasteiger partial charge in [0, 0.05) is 11.9 Å². The lowest BCUT2D eigenvalue weighted by Gasteiger charge is -2.08. The third-order valence-corrected chi connectivity index (χ3v) is 1.75. The first-order chi connectivity index (χ1) is 5.88. The third-order valence-electron chi connectivity index (χ3n) is 1.75. The molecule has 0 bridgehead atoms. The van der Waals surface area contributed by atoms with Gasteiger partial charge in [0.2, 0.25) is 0 Å². The molecule has 13 heavy (non-hydrogen) atoms. The molecule has 1 aromatic rings. The topological polar surface area (TPSA) is 12.9 Å². The molecule has 0 atom stereocenters. The van der Waals surface area contributed by atoms with Crippen LogP contribution >= 0.6 is 0 Å². The van der Waals surface area contributed by atoms with E-state index in [2.05, 4.69) is 4.98 Å². The number of hydrogen-bond acceptors (Lipinski definition) is 1. The minimum atomic E-state index is -4.15. The van der Waals surface area contributed by atoms with E-state index in [1.165, 1.54) is 6.20 Å². The fourth-order valence-electron chi connectivity index (χ4n) is 1.13. The van der Waals surface area contributed by atoms with Gasteiger partial charge < -0.3 is 0 Å². The number of hydrogen-bond donors (Lipinski definition) is 0. The molecule has 0 aliphatic heterocycles. The minimum Gasteiger partial charge on any atom is -0.261 e. The van der Waals surface area contributed by atoms with E-state index in [-0.39, 0.29) is 5.56 Å². The average molecular weight is 189 g/mol. The van der Waals surface area contributed by atoms with Crippen LogP contribution in [-0.4, -0.2) is 11.2 Å². The van der Waals surface area contributed by atoms with Gasteiger partial charge in [-0.3, -0.25) is 4.98 Å². The molecule has 0 unspecified atom stereocenters. The Hall–Kier alpha value is -1.06. The first-order valence-corrected chi connectivity index (χ1v) is 3.87. The molecular weight excluding hydrogens is 179 g/mol. The molecule has 1 heterocycles. The van der Waals surface area contributed by atoms with E-state index in [4.69, 9.17) is 0 Å². The van der Waals surface area contributed by atoms with E-state index in [1.807, 2.05) is 0 Å². The fraction of sp³-hybridized carbons (Fsp3) is 0.444. The average Bonchev–Trinajstić information content (AvgIpc) is 1.93. The zero-order valence-corrected chi connectivity index (χ0v) is 7.44. The second-order valence-corrected chi connectivity index (χ2v) is 3.04. The molecule has 0 aromatic carbocycles. The fourth-order valence-corrected chi connectivity index (χ4v) is 1.13. The van der Waals surface area contributed by atoms with E-state index < -0.39 is 12.6 Å². The van der Waals surface area contributed by atoms with Crippen molar-refractivity contribution in [2.45, 2.75) is 26.4 Å². The molecule has 1 rings (SSSR count). The molecule has 0 amide bonds. The lowest BCUT2D eigenvalue weighted by molar-refractivity contribution is -0.127. The maximum Gasteiger partial charge on any atom is 0.393 e. The number of aryl methyl sites for hydroxylation is 2. The van der Waals surface area contributed by atoms with Crippen LogP contribution in [0.5, 0.6) is 0 Å². The summed E-state index contributed by atoms with van der Waals surface area (Å²) in [5, 5.41) is 0. The monoisotopic (exact) mass is 189 g/mol. The van der Waals surface area contributed by atoms with Gasteiger partial charge in [-0.15, -0.1) is 0 Å². The Kier molecular flexibility index (Phi) is 2.59. The van der Waals surface area contributed by atoms with E-state index in [9.17, 15) is 13.2 Å². The number of halogens is 3. The van der Waals surface area contributed by atoms with Crippen molar-refractivity contribution in [1.29, 1.82) is 0 Å². The molecule has 0 radical (unpaired) electrons. The van der Waals surface area contributed by atoms with Crippen LogP contribution in [0.25, 0.3) is 0 Å². The highest BCUT2D eigenvalue weighted by Gasteiger charge is 2.28. The molecular formula is C9H10F3N. The van der Waals surface area contributed by atoms with Crippen LogP contribution in [0.2, 0.25) is 0 Å². The number of rotatable bonds is 1. The van der Waals surface area contributed by atoms with Gasteiger partial charge in [0.05, 0.1) is 6.42 Å². The van der Waals surface area contributed by atoms with Gasteiger partial charge >= 0.3 is 6.18 Å². The van der Waals surface area contributed by atoms with Gasteiger partial charge in [-0.2, -0.15) is 13.2 Å². The first kappa shape index (κ1) is 10.0. The largest absolute Gasteiger partial charge is 0.393 e. The van der Waals surface area contributed by atoms with Crippen LogP contribution < -0.4 is 0 Å². The summed E-state index contributed by atoms with van der Waals surface area (Å²) in [5.74, 6) is 0. The second-order valence-electron chi connectivity index (χ2n) is 3.04. The van der Waals surface area contributed by atoms with Crippen LogP contribution in [0.4, 0.5) is 13.2 Å². The van der Waals surface area contributed by atoms with Gasteiger partial charge in [-0.25, -0.2) is 0 Å². The summed E-state index contributed by atoms with van der Waals surface area (Å²) in [4.78, 5) is 3.82. The molecule has 4 heteroatoms. The summed E-state index contributed by atoms with van der Waals surface area (Å²) in [5.41, 5.74) is 1.63. The maximum atomic E-state index is 12.0. The molecule has 0 aliphatic rings. The summed E-state index contributed by atoms with van der Waals surface area (Å²) in [6.07, 6.45) is -3.76. The van der Waals surface area contributed by atoms with Gasteiger partial charge in [0.1, 0.15) is 0 Å². The second kappa shape index (κ2) is 3.36. The summed E-state index contributed by atoms with van der Waals surface area (Å²) in [6.45, 7) is 3.42. The Balaban J connectivity index is 2.90. The van der Waals surface area contributed by atoms with Gasteiger partial charge in [0.15, 0.2) is 0 Å². The summed E-state index contributed by atoms with van der Waals surface area (Å²) in [7, 11) is 0. The standard InChI is InChI=1S/C9H10F3N/c1-6-3-7(2)13-5-8(6)4-9(10,11)12/h3,5H,4H2,1-2H3. The quantitative estimate of drug-likeness (QED) is 0.662. The van der Waals surface area contributed by atoms with Crippen LogP contribution in [-0.2, 0) is 6.42 Å². The van der Waals surface area contributed by atoms with Crippen molar-refractivity contribution in [3.05, 3.63) is 29.1 Å². The number of pyridine rings is 1. The van der Waals surface area contributed by atoms with Crippen molar-refractivity contribution in [1.82, 2.24) is 4.98 Å². The van der Waals surface area contributed by atoms with Crippen molar-refractivity contribution in [3.63, 3.8) is 0 Å². The maximum absolute atomic E-state index is 12.0. The Morgan fingerprint density at radius 3 is 2.38 bits per heavy atom. The van der Waals surface area contributed by atoms with Crippen molar-refractivity contribution in [2.75, 3.05) is 0 Å². The van der Waals surface area contributed by atoms with Crippen LogP contribution in [0, 0.1) is 13.8 Å². The van der Waals surface area contributed by atoms with Crippen molar-refractivity contribution < 1.29 is 13.2 Å². The molecule has 0 saturated carbocycles. The van der Waals surface area contributed by atoms with Crippen molar-refractivity contribution in [2.24, 2.45) is 0 Å². The Bertz CT molecular complexity index is 304. The number of alkyl halides is 3. The van der Waals surface area contributed by atoms with E-state index in [0.717, 1.165) is 5.69 Å². The molecule has 0 N–H and O–H groups in total.